The van der Waals surface area contributed by atoms with Crippen LogP contribution in [0.2, 0.25) is 0 Å². The minimum Gasteiger partial charge on any atom is -0.497 e. The highest BCUT2D eigenvalue weighted by molar-refractivity contribution is 5.86. The summed E-state index contributed by atoms with van der Waals surface area (Å²) in [5.41, 5.74) is 0.937. The number of hydrogen-bond donors (Lipinski definition) is 2. The summed E-state index contributed by atoms with van der Waals surface area (Å²) in [6.45, 7) is 1.87. The second-order valence-corrected chi connectivity index (χ2v) is 5.78. The minimum atomic E-state index is -0.729. The molecule has 7 nitrogen and oxygen atoms in total. The third-order valence-corrected chi connectivity index (χ3v) is 3.81. The molecule has 0 spiro atoms. The zero-order chi connectivity index (χ0) is 19.6. The second-order valence-electron chi connectivity index (χ2n) is 5.78. The average Bonchev–Trinajstić information content (AvgIpc) is 2.71. The number of carbonyl (C=O) groups is 2. The summed E-state index contributed by atoms with van der Waals surface area (Å²) in [5.74, 6) is 1.35. The number of carbonyl (C=O) groups excluding carboxylic acids is 2. The lowest BCUT2D eigenvalue weighted by Gasteiger charge is -2.15. The van der Waals surface area contributed by atoms with Gasteiger partial charge in [0.05, 0.1) is 20.8 Å². The summed E-state index contributed by atoms with van der Waals surface area (Å²) in [7, 11) is 3.17. The van der Waals surface area contributed by atoms with Crippen molar-refractivity contribution in [2.75, 3.05) is 20.8 Å². The highest BCUT2D eigenvalue weighted by atomic mass is 16.5. The van der Waals surface area contributed by atoms with Gasteiger partial charge in [0, 0.05) is 6.54 Å². The highest BCUT2D eigenvalue weighted by Gasteiger charge is 2.15. The van der Waals surface area contributed by atoms with E-state index >= 15 is 0 Å². The molecule has 2 aromatic carbocycles. The number of rotatable bonds is 9. The number of benzene rings is 2. The van der Waals surface area contributed by atoms with Crippen molar-refractivity contribution >= 4 is 11.8 Å². The van der Waals surface area contributed by atoms with Gasteiger partial charge in [0.15, 0.2) is 6.10 Å². The molecule has 0 fully saturated rings. The summed E-state index contributed by atoms with van der Waals surface area (Å²) in [4.78, 5) is 24.0. The van der Waals surface area contributed by atoms with Crippen molar-refractivity contribution < 1.29 is 23.8 Å². The van der Waals surface area contributed by atoms with Crippen molar-refractivity contribution in [2.24, 2.45) is 0 Å². The van der Waals surface area contributed by atoms with E-state index in [0.717, 1.165) is 11.3 Å². The highest BCUT2D eigenvalue weighted by Crippen LogP contribution is 2.18. The smallest absolute Gasteiger partial charge is 0.261 e. The number of hydrogen-bond acceptors (Lipinski definition) is 5. The molecule has 1 unspecified atom stereocenters. The summed E-state index contributed by atoms with van der Waals surface area (Å²) in [6.07, 6.45) is -0.729. The van der Waals surface area contributed by atoms with E-state index in [1.165, 1.54) is 0 Å². The van der Waals surface area contributed by atoms with Crippen molar-refractivity contribution in [3.05, 3.63) is 54.1 Å². The summed E-state index contributed by atoms with van der Waals surface area (Å²) >= 11 is 0. The third kappa shape index (κ3) is 6.54. The molecule has 2 aromatic rings. The number of methoxy groups -OCH3 is 2. The van der Waals surface area contributed by atoms with Gasteiger partial charge in [-0.1, -0.05) is 12.1 Å². The number of amides is 2. The molecule has 0 saturated heterocycles. The van der Waals surface area contributed by atoms with Crippen LogP contribution in [0, 0.1) is 0 Å². The van der Waals surface area contributed by atoms with Gasteiger partial charge in [-0.15, -0.1) is 0 Å². The largest absolute Gasteiger partial charge is 0.497 e. The maximum atomic E-state index is 12.1. The summed E-state index contributed by atoms with van der Waals surface area (Å²) < 4.78 is 15.7. The van der Waals surface area contributed by atoms with Crippen molar-refractivity contribution in [2.45, 2.75) is 19.6 Å². The van der Waals surface area contributed by atoms with Crippen LogP contribution in [-0.4, -0.2) is 38.7 Å². The van der Waals surface area contributed by atoms with E-state index in [2.05, 4.69) is 10.6 Å². The first kappa shape index (κ1) is 20.1. The lowest BCUT2D eigenvalue weighted by atomic mass is 10.2. The number of ether oxygens (including phenoxy) is 3. The Balaban J connectivity index is 1.71. The first-order valence-corrected chi connectivity index (χ1v) is 8.50. The van der Waals surface area contributed by atoms with Gasteiger partial charge in [-0.05, 0) is 48.9 Å². The van der Waals surface area contributed by atoms with Crippen LogP contribution in [0.15, 0.2) is 48.5 Å². The van der Waals surface area contributed by atoms with Gasteiger partial charge in [0.25, 0.3) is 5.91 Å². The maximum absolute atomic E-state index is 12.1. The molecule has 7 heteroatoms. The Morgan fingerprint density at radius 1 is 0.852 bits per heavy atom. The Kier molecular flexibility index (Phi) is 7.49. The van der Waals surface area contributed by atoms with Crippen molar-refractivity contribution in [1.82, 2.24) is 10.6 Å². The zero-order valence-corrected chi connectivity index (χ0v) is 15.7. The average molecular weight is 372 g/mol. The molecule has 0 aliphatic heterocycles. The predicted molar refractivity (Wildman–Crippen MR) is 101 cm³/mol. The molecule has 1 atom stereocenters. The Labute approximate surface area is 158 Å². The van der Waals surface area contributed by atoms with E-state index in [1.807, 2.05) is 24.3 Å². The standard InChI is InChI=1S/C20H24N2O5/c1-14(27-18-10-8-17(26-3)9-11-18)20(24)22-13-19(23)21-12-15-4-6-16(25-2)7-5-15/h4-11,14H,12-13H2,1-3H3,(H,21,23)(H,22,24). The molecule has 0 heterocycles. The van der Waals surface area contributed by atoms with Crippen LogP contribution in [0.3, 0.4) is 0 Å². The van der Waals surface area contributed by atoms with Gasteiger partial charge in [0.2, 0.25) is 5.91 Å². The Morgan fingerprint density at radius 3 is 1.93 bits per heavy atom. The van der Waals surface area contributed by atoms with E-state index in [9.17, 15) is 9.59 Å². The molecular formula is C20H24N2O5. The van der Waals surface area contributed by atoms with Crippen molar-refractivity contribution in [3.8, 4) is 17.2 Å². The molecular weight excluding hydrogens is 348 g/mol. The molecule has 2 amide bonds. The summed E-state index contributed by atoms with van der Waals surface area (Å²) in [6, 6.07) is 14.3. The molecule has 27 heavy (non-hydrogen) atoms. The van der Waals surface area contributed by atoms with Crippen LogP contribution in [0.5, 0.6) is 17.2 Å². The van der Waals surface area contributed by atoms with Crippen LogP contribution >= 0.6 is 0 Å². The first-order chi connectivity index (χ1) is 13.0. The summed E-state index contributed by atoms with van der Waals surface area (Å²) in [5, 5.41) is 5.30. The normalized spacial score (nSPS) is 11.2. The molecule has 0 aromatic heterocycles. The SMILES string of the molecule is COc1ccc(CNC(=O)CNC(=O)C(C)Oc2ccc(OC)cc2)cc1. The topological polar surface area (TPSA) is 85.9 Å². The minimum absolute atomic E-state index is 0.120. The van der Waals surface area contributed by atoms with E-state index in [-0.39, 0.29) is 18.4 Å². The van der Waals surface area contributed by atoms with Crippen LogP contribution in [0.25, 0.3) is 0 Å². The van der Waals surface area contributed by atoms with Gasteiger partial charge >= 0.3 is 0 Å². The van der Waals surface area contributed by atoms with Gasteiger partial charge < -0.3 is 24.8 Å². The molecule has 2 N–H and O–H groups in total. The molecule has 0 aliphatic carbocycles. The fourth-order valence-electron chi connectivity index (χ4n) is 2.23. The fourth-order valence-corrected chi connectivity index (χ4v) is 2.23. The van der Waals surface area contributed by atoms with Crippen molar-refractivity contribution in [1.29, 1.82) is 0 Å². The van der Waals surface area contributed by atoms with Gasteiger partial charge in [-0.3, -0.25) is 9.59 Å². The van der Waals surface area contributed by atoms with Crippen LogP contribution in [0.4, 0.5) is 0 Å². The van der Waals surface area contributed by atoms with Gasteiger partial charge in [-0.2, -0.15) is 0 Å². The quantitative estimate of drug-likeness (QED) is 0.702. The monoisotopic (exact) mass is 372 g/mol. The molecule has 0 bridgehead atoms. The van der Waals surface area contributed by atoms with E-state index in [1.54, 1.807) is 45.4 Å². The first-order valence-electron chi connectivity index (χ1n) is 8.50. The zero-order valence-electron chi connectivity index (χ0n) is 15.7. The Morgan fingerprint density at radius 2 is 1.37 bits per heavy atom. The maximum Gasteiger partial charge on any atom is 0.261 e. The van der Waals surface area contributed by atoms with Crippen molar-refractivity contribution in [3.63, 3.8) is 0 Å². The molecule has 0 saturated carbocycles. The molecule has 2 rings (SSSR count). The molecule has 144 valence electrons. The van der Waals surface area contributed by atoms with Gasteiger partial charge in [-0.25, -0.2) is 0 Å². The fraction of sp³-hybridized carbons (Fsp3) is 0.300. The number of nitrogens with one attached hydrogen (secondary N) is 2. The Hall–Kier alpha value is -3.22. The molecule has 0 radical (unpaired) electrons. The predicted octanol–water partition coefficient (Wildman–Crippen LogP) is 1.90. The second kappa shape index (κ2) is 10.1. The van der Waals surface area contributed by atoms with Crippen LogP contribution in [0.1, 0.15) is 12.5 Å². The molecule has 0 aliphatic rings. The van der Waals surface area contributed by atoms with E-state index < -0.39 is 6.10 Å². The third-order valence-electron chi connectivity index (χ3n) is 3.81. The lowest BCUT2D eigenvalue weighted by molar-refractivity contribution is -0.130. The van der Waals surface area contributed by atoms with E-state index in [4.69, 9.17) is 14.2 Å². The van der Waals surface area contributed by atoms with Crippen LogP contribution in [-0.2, 0) is 16.1 Å². The lowest BCUT2D eigenvalue weighted by Crippen LogP contribution is -2.42. The van der Waals surface area contributed by atoms with Crippen LogP contribution < -0.4 is 24.8 Å². The van der Waals surface area contributed by atoms with E-state index in [0.29, 0.717) is 18.0 Å². The Bertz CT molecular complexity index is 744. The van der Waals surface area contributed by atoms with Gasteiger partial charge in [0.1, 0.15) is 17.2 Å².